The van der Waals surface area contributed by atoms with Crippen LogP contribution in [0.15, 0.2) is 18.2 Å². The summed E-state index contributed by atoms with van der Waals surface area (Å²) in [5, 5.41) is 17.8. The Morgan fingerprint density at radius 1 is 1.07 bits per heavy atom. The Balaban J connectivity index is 3.33. The van der Waals surface area contributed by atoms with Crippen molar-refractivity contribution in [1.82, 2.24) is 0 Å². The highest BCUT2D eigenvalue weighted by Crippen LogP contribution is 2.09. The van der Waals surface area contributed by atoms with E-state index in [0.717, 1.165) is 0 Å². The van der Waals surface area contributed by atoms with E-state index in [4.69, 9.17) is 10.0 Å². The summed E-state index contributed by atoms with van der Waals surface area (Å²) in [6.45, 7) is 2.69. The minimum absolute atomic E-state index is 0.199. The van der Waals surface area contributed by atoms with E-state index in [9.17, 15) is 9.59 Å². The molecule has 0 aliphatic rings. The van der Waals surface area contributed by atoms with Crippen LogP contribution in [0.3, 0.4) is 0 Å². The fourth-order valence-corrected chi connectivity index (χ4v) is 1.32. The predicted octanol–water partition coefficient (Wildman–Crippen LogP) is -0.228. The highest BCUT2D eigenvalue weighted by molar-refractivity contribution is 6.58. The van der Waals surface area contributed by atoms with E-state index in [2.05, 4.69) is 0 Å². The molecule has 0 atom stereocenters. The molecule has 5 heteroatoms. The molecule has 0 aliphatic heterocycles. The summed E-state index contributed by atoms with van der Waals surface area (Å²) in [5.74, 6) is -0.498. The molecular formula is C10H11BO4. The van der Waals surface area contributed by atoms with Crippen molar-refractivity contribution >= 4 is 24.1 Å². The maximum absolute atomic E-state index is 11.2. The molecule has 0 unspecified atom stereocenters. The van der Waals surface area contributed by atoms with Gasteiger partial charge in [-0.15, -0.1) is 0 Å². The topological polar surface area (TPSA) is 74.6 Å². The lowest BCUT2D eigenvalue weighted by molar-refractivity contribution is 0.0981. The zero-order chi connectivity index (χ0) is 11.6. The van der Waals surface area contributed by atoms with Crippen LogP contribution in [0.5, 0.6) is 0 Å². The van der Waals surface area contributed by atoms with Gasteiger partial charge >= 0.3 is 7.12 Å². The van der Waals surface area contributed by atoms with Gasteiger partial charge in [-0.2, -0.15) is 0 Å². The zero-order valence-electron chi connectivity index (χ0n) is 8.52. The van der Waals surface area contributed by atoms with Gasteiger partial charge in [0.2, 0.25) is 0 Å². The Labute approximate surface area is 87.7 Å². The van der Waals surface area contributed by atoms with Crippen LogP contribution in [0, 0.1) is 0 Å². The number of ketones is 2. The summed E-state index contributed by atoms with van der Waals surface area (Å²) >= 11 is 0. The standard InChI is InChI=1S/C10H11BO4/c1-6(12)9-4-3-8(11(14)15)5-10(9)7(2)13/h3-5,14-15H,1-2H3. The minimum Gasteiger partial charge on any atom is -0.423 e. The van der Waals surface area contributed by atoms with Crippen molar-refractivity contribution in [2.45, 2.75) is 13.8 Å². The van der Waals surface area contributed by atoms with Gasteiger partial charge in [-0.3, -0.25) is 9.59 Å². The number of rotatable bonds is 3. The first kappa shape index (κ1) is 11.6. The molecule has 0 amide bonds. The van der Waals surface area contributed by atoms with E-state index in [0.29, 0.717) is 5.56 Å². The fraction of sp³-hybridized carbons (Fsp3) is 0.200. The van der Waals surface area contributed by atoms with Crippen LogP contribution < -0.4 is 5.46 Å². The molecule has 4 nitrogen and oxygen atoms in total. The van der Waals surface area contributed by atoms with Crippen molar-refractivity contribution in [1.29, 1.82) is 0 Å². The van der Waals surface area contributed by atoms with Crippen LogP contribution >= 0.6 is 0 Å². The van der Waals surface area contributed by atoms with Gasteiger partial charge < -0.3 is 10.0 Å². The molecule has 1 rings (SSSR count). The second kappa shape index (κ2) is 4.38. The molecular weight excluding hydrogens is 195 g/mol. The molecule has 0 fully saturated rings. The van der Waals surface area contributed by atoms with Gasteiger partial charge in [0.25, 0.3) is 0 Å². The maximum atomic E-state index is 11.2. The summed E-state index contributed by atoms with van der Waals surface area (Å²) in [5.41, 5.74) is 0.713. The maximum Gasteiger partial charge on any atom is 0.488 e. The SMILES string of the molecule is CC(=O)c1ccc(B(O)O)cc1C(C)=O. The van der Waals surface area contributed by atoms with Gasteiger partial charge in [0, 0.05) is 11.1 Å². The quantitative estimate of drug-likeness (QED) is 0.529. The van der Waals surface area contributed by atoms with Gasteiger partial charge in [-0.05, 0) is 19.3 Å². The van der Waals surface area contributed by atoms with Crippen LogP contribution in [0.4, 0.5) is 0 Å². The van der Waals surface area contributed by atoms with Gasteiger partial charge in [0.1, 0.15) is 0 Å². The number of carbonyl (C=O) groups excluding carboxylic acids is 2. The summed E-state index contributed by atoms with van der Waals surface area (Å²) in [7, 11) is -1.64. The second-order valence-electron chi connectivity index (χ2n) is 3.29. The highest BCUT2D eigenvalue weighted by Gasteiger charge is 2.17. The number of carbonyl (C=O) groups is 2. The molecule has 0 spiro atoms. The molecule has 78 valence electrons. The largest absolute Gasteiger partial charge is 0.488 e. The van der Waals surface area contributed by atoms with Crippen LogP contribution in [0.25, 0.3) is 0 Å². The molecule has 1 aromatic carbocycles. The van der Waals surface area contributed by atoms with Gasteiger partial charge in [-0.25, -0.2) is 0 Å². The highest BCUT2D eigenvalue weighted by atomic mass is 16.4. The first-order valence-electron chi connectivity index (χ1n) is 4.45. The smallest absolute Gasteiger partial charge is 0.423 e. The van der Waals surface area contributed by atoms with Crippen LogP contribution in [-0.4, -0.2) is 28.7 Å². The Morgan fingerprint density at radius 2 is 1.60 bits per heavy atom. The molecule has 0 saturated heterocycles. The lowest BCUT2D eigenvalue weighted by Crippen LogP contribution is -2.30. The van der Waals surface area contributed by atoms with Crippen LogP contribution in [-0.2, 0) is 0 Å². The summed E-state index contributed by atoms with van der Waals surface area (Å²) in [6.07, 6.45) is 0. The predicted molar refractivity (Wildman–Crippen MR) is 56.3 cm³/mol. The molecule has 0 radical (unpaired) electrons. The van der Waals surface area contributed by atoms with E-state index in [1.807, 2.05) is 0 Å². The van der Waals surface area contributed by atoms with Crippen molar-refractivity contribution < 1.29 is 19.6 Å². The first-order chi connectivity index (χ1) is 6.93. The molecule has 0 bridgehead atoms. The average molecular weight is 206 g/mol. The number of hydrogen-bond acceptors (Lipinski definition) is 4. The van der Waals surface area contributed by atoms with Crippen molar-refractivity contribution in [3.05, 3.63) is 29.3 Å². The normalized spacial score (nSPS) is 9.87. The van der Waals surface area contributed by atoms with E-state index >= 15 is 0 Å². The number of Topliss-reactive ketones (excluding diaryl/α,β-unsaturated/α-hetero) is 2. The van der Waals surface area contributed by atoms with Crippen molar-refractivity contribution in [3.8, 4) is 0 Å². The molecule has 0 aliphatic carbocycles. The summed E-state index contributed by atoms with van der Waals surface area (Å²) in [6, 6.07) is 4.16. The van der Waals surface area contributed by atoms with Crippen LogP contribution in [0.2, 0.25) is 0 Å². The lowest BCUT2D eigenvalue weighted by atomic mass is 9.78. The van der Waals surface area contributed by atoms with Gasteiger partial charge in [0.05, 0.1) is 0 Å². The molecule has 15 heavy (non-hydrogen) atoms. The molecule has 0 heterocycles. The Kier molecular flexibility index (Phi) is 3.39. The van der Waals surface area contributed by atoms with E-state index < -0.39 is 7.12 Å². The monoisotopic (exact) mass is 206 g/mol. The molecule has 2 N–H and O–H groups in total. The Morgan fingerprint density at radius 3 is 2.00 bits per heavy atom. The summed E-state index contributed by atoms with van der Waals surface area (Å²) in [4.78, 5) is 22.4. The molecule has 1 aromatic rings. The second-order valence-corrected chi connectivity index (χ2v) is 3.29. The number of benzene rings is 1. The van der Waals surface area contributed by atoms with E-state index in [1.54, 1.807) is 0 Å². The third-order valence-electron chi connectivity index (χ3n) is 2.10. The minimum atomic E-state index is -1.64. The zero-order valence-corrected chi connectivity index (χ0v) is 8.52. The van der Waals surface area contributed by atoms with Crippen molar-refractivity contribution in [3.63, 3.8) is 0 Å². The molecule has 0 aromatic heterocycles. The van der Waals surface area contributed by atoms with Crippen molar-refractivity contribution in [2.75, 3.05) is 0 Å². The number of hydrogen-bond donors (Lipinski definition) is 2. The molecule has 0 saturated carbocycles. The summed E-state index contributed by atoms with van der Waals surface area (Å²) < 4.78 is 0. The van der Waals surface area contributed by atoms with E-state index in [-0.39, 0.29) is 22.6 Å². The van der Waals surface area contributed by atoms with Gasteiger partial charge in [0.15, 0.2) is 11.6 Å². The Bertz CT molecular complexity index is 412. The van der Waals surface area contributed by atoms with Gasteiger partial charge in [-0.1, -0.05) is 18.2 Å². The Hall–Kier alpha value is -1.46. The average Bonchev–Trinajstić information content (AvgIpc) is 2.16. The first-order valence-corrected chi connectivity index (χ1v) is 4.45. The third-order valence-corrected chi connectivity index (χ3v) is 2.10. The van der Waals surface area contributed by atoms with Crippen LogP contribution in [0.1, 0.15) is 34.6 Å². The van der Waals surface area contributed by atoms with E-state index in [1.165, 1.54) is 32.0 Å². The lowest BCUT2D eigenvalue weighted by Gasteiger charge is -2.06. The fourth-order valence-electron chi connectivity index (χ4n) is 1.32. The third kappa shape index (κ3) is 2.52. The van der Waals surface area contributed by atoms with Crippen molar-refractivity contribution in [2.24, 2.45) is 0 Å².